The van der Waals surface area contributed by atoms with Crippen molar-refractivity contribution in [3.8, 4) is 6.07 Å². The van der Waals surface area contributed by atoms with Crippen LogP contribution in [0, 0.1) is 18.3 Å². The molecular formula is C10H9N3. The summed E-state index contributed by atoms with van der Waals surface area (Å²) in [6.45, 7) is 1.96. The molecule has 1 aromatic carbocycles. The fourth-order valence-corrected chi connectivity index (χ4v) is 1.49. The number of aromatic nitrogens is 1. The first-order valence-corrected chi connectivity index (χ1v) is 4.00. The molecule has 1 heterocycles. The van der Waals surface area contributed by atoms with Crippen LogP contribution < -0.4 is 5.73 Å². The number of nitrogens with one attached hydrogen (secondary N) is 1. The fourth-order valence-electron chi connectivity index (χ4n) is 1.49. The lowest BCUT2D eigenvalue weighted by Gasteiger charge is -1.97. The molecule has 0 bridgehead atoms. The largest absolute Gasteiger partial charge is 0.398 e. The highest BCUT2D eigenvalue weighted by Crippen LogP contribution is 2.23. The quantitative estimate of drug-likeness (QED) is 0.595. The first-order chi connectivity index (χ1) is 6.22. The molecule has 3 N–H and O–H groups in total. The summed E-state index contributed by atoms with van der Waals surface area (Å²) in [6, 6.07) is 7.68. The number of hydrogen-bond donors (Lipinski definition) is 2. The van der Waals surface area contributed by atoms with Crippen molar-refractivity contribution in [2.45, 2.75) is 6.92 Å². The molecule has 0 aliphatic heterocycles. The number of aromatic amines is 1. The maximum Gasteiger partial charge on any atom is 0.102 e. The van der Waals surface area contributed by atoms with Crippen molar-refractivity contribution in [1.82, 2.24) is 4.98 Å². The lowest BCUT2D eigenvalue weighted by atomic mass is 10.1. The number of benzene rings is 1. The number of nitriles is 1. The summed E-state index contributed by atoms with van der Waals surface area (Å²) < 4.78 is 0. The van der Waals surface area contributed by atoms with Crippen LogP contribution in [0.15, 0.2) is 18.2 Å². The minimum absolute atomic E-state index is 0.536. The van der Waals surface area contributed by atoms with Crippen molar-refractivity contribution < 1.29 is 0 Å². The molecule has 1 aromatic heterocycles. The van der Waals surface area contributed by atoms with Crippen molar-refractivity contribution in [3.63, 3.8) is 0 Å². The number of rotatable bonds is 0. The summed E-state index contributed by atoms with van der Waals surface area (Å²) in [4.78, 5) is 3.15. The predicted molar refractivity (Wildman–Crippen MR) is 52.2 cm³/mol. The van der Waals surface area contributed by atoms with Crippen LogP contribution in [0.5, 0.6) is 0 Å². The van der Waals surface area contributed by atoms with Gasteiger partial charge in [0, 0.05) is 16.6 Å². The van der Waals surface area contributed by atoms with E-state index in [0.29, 0.717) is 11.3 Å². The van der Waals surface area contributed by atoms with Gasteiger partial charge in [0.1, 0.15) is 6.07 Å². The van der Waals surface area contributed by atoms with Crippen LogP contribution in [0.3, 0.4) is 0 Å². The number of fused-ring (bicyclic) bond motifs is 1. The summed E-state index contributed by atoms with van der Waals surface area (Å²) in [6.07, 6.45) is 0. The Hall–Kier alpha value is -1.95. The van der Waals surface area contributed by atoms with Crippen LogP contribution in [0.2, 0.25) is 0 Å². The molecule has 0 radical (unpaired) electrons. The molecule has 0 spiro atoms. The van der Waals surface area contributed by atoms with Crippen LogP contribution in [0.1, 0.15) is 11.3 Å². The Labute approximate surface area is 75.8 Å². The summed E-state index contributed by atoms with van der Waals surface area (Å²) in [5, 5.41) is 9.78. The molecule has 3 nitrogen and oxygen atoms in total. The third-order valence-electron chi connectivity index (χ3n) is 2.08. The average molecular weight is 171 g/mol. The molecule has 2 rings (SSSR count). The number of hydrogen-bond acceptors (Lipinski definition) is 2. The molecule has 0 atom stereocenters. The first kappa shape index (κ1) is 7.69. The normalized spacial score (nSPS) is 10.2. The standard InChI is InChI=1S/C10H9N3/c1-6-4-7-8(5-11)9(12)2-3-10(7)13-6/h2-4,13H,12H2,1H3. The highest BCUT2D eigenvalue weighted by atomic mass is 14.7. The topological polar surface area (TPSA) is 65.6 Å². The minimum Gasteiger partial charge on any atom is -0.398 e. The van der Waals surface area contributed by atoms with Gasteiger partial charge >= 0.3 is 0 Å². The molecule has 0 unspecified atom stereocenters. The van der Waals surface area contributed by atoms with Crippen LogP contribution >= 0.6 is 0 Å². The van der Waals surface area contributed by atoms with E-state index >= 15 is 0 Å². The Morgan fingerprint density at radius 1 is 1.46 bits per heavy atom. The Balaban J connectivity index is 2.93. The molecule has 0 aliphatic carbocycles. The molecule has 0 aliphatic rings. The number of nitrogens with zero attached hydrogens (tertiary/aromatic N) is 1. The molecule has 0 amide bonds. The number of nitrogen functional groups attached to an aromatic ring is 1. The van der Waals surface area contributed by atoms with E-state index in [4.69, 9.17) is 11.0 Å². The molecule has 0 saturated carbocycles. The summed E-state index contributed by atoms with van der Waals surface area (Å²) in [5.74, 6) is 0. The fraction of sp³-hybridized carbons (Fsp3) is 0.100. The van der Waals surface area contributed by atoms with E-state index in [1.807, 2.05) is 19.1 Å². The van der Waals surface area contributed by atoms with Crippen molar-refractivity contribution >= 4 is 16.6 Å². The predicted octanol–water partition coefficient (Wildman–Crippen LogP) is 1.93. The number of anilines is 1. The van der Waals surface area contributed by atoms with Gasteiger partial charge in [-0.2, -0.15) is 5.26 Å². The van der Waals surface area contributed by atoms with E-state index < -0.39 is 0 Å². The van der Waals surface area contributed by atoms with E-state index in [1.54, 1.807) is 6.07 Å². The first-order valence-electron chi connectivity index (χ1n) is 4.00. The highest BCUT2D eigenvalue weighted by Gasteiger charge is 2.05. The Morgan fingerprint density at radius 3 is 2.92 bits per heavy atom. The second kappa shape index (κ2) is 2.53. The lowest BCUT2D eigenvalue weighted by Crippen LogP contribution is -1.89. The zero-order valence-corrected chi connectivity index (χ0v) is 7.26. The summed E-state index contributed by atoms with van der Waals surface area (Å²) >= 11 is 0. The lowest BCUT2D eigenvalue weighted by molar-refractivity contribution is 1.30. The second-order valence-electron chi connectivity index (χ2n) is 3.06. The van der Waals surface area contributed by atoms with Gasteiger partial charge in [0.05, 0.1) is 11.3 Å². The van der Waals surface area contributed by atoms with Gasteiger partial charge in [-0.3, -0.25) is 0 Å². The van der Waals surface area contributed by atoms with Gasteiger partial charge in [0.2, 0.25) is 0 Å². The third kappa shape index (κ3) is 1.04. The average Bonchev–Trinajstić information content (AvgIpc) is 2.45. The second-order valence-corrected chi connectivity index (χ2v) is 3.06. The highest BCUT2D eigenvalue weighted by molar-refractivity contribution is 5.90. The molecule has 13 heavy (non-hydrogen) atoms. The number of nitrogens with two attached hydrogens (primary N) is 1. The monoisotopic (exact) mass is 171 g/mol. The van der Waals surface area contributed by atoms with E-state index in [-0.39, 0.29) is 0 Å². The molecular weight excluding hydrogens is 162 g/mol. The van der Waals surface area contributed by atoms with Gasteiger partial charge in [-0.25, -0.2) is 0 Å². The smallest absolute Gasteiger partial charge is 0.102 e. The van der Waals surface area contributed by atoms with Crippen molar-refractivity contribution in [2.24, 2.45) is 0 Å². The summed E-state index contributed by atoms with van der Waals surface area (Å²) in [5.41, 5.74) is 8.76. The van der Waals surface area contributed by atoms with Gasteiger partial charge in [-0.1, -0.05) is 0 Å². The Kier molecular flexibility index (Phi) is 1.49. The Morgan fingerprint density at radius 2 is 2.23 bits per heavy atom. The maximum absolute atomic E-state index is 8.88. The minimum atomic E-state index is 0.536. The SMILES string of the molecule is Cc1cc2c(C#N)c(N)ccc2[nH]1. The number of aryl methyl sites for hydroxylation is 1. The van der Waals surface area contributed by atoms with Crippen molar-refractivity contribution in [2.75, 3.05) is 5.73 Å². The van der Waals surface area contributed by atoms with Gasteiger partial charge in [-0.15, -0.1) is 0 Å². The van der Waals surface area contributed by atoms with Gasteiger partial charge in [0.25, 0.3) is 0 Å². The van der Waals surface area contributed by atoms with E-state index in [1.165, 1.54) is 0 Å². The zero-order chi connectivity index (χ0) is 9.42. The molecule has 2 aromatic rings. The van der Waals surface area contributed by atoms with Crippen LogP contribution in [-0.2, 0) is 0 Å². The van der Waals surface area contributed by atoms with Crippen LogP contribution in [0.25, 0.3) is 10.9 Å². The van der Waals surface area contributed by atoms with Crippen LogP contribution in [0.4, 0.5) is 5.69 Å². The van der Waals surface area contributed by atoms with Gasteiger partial charge in [0.15, 0.2) is 0 Å². The van der Waals surface area contributed by atoms with E-state index in [9.17, 15) is 0 Å². The van der Waals surface area contributed by atoms with E-state index in [0.717, 1.165) is 16.6 Å². The zero-order valence-electron chi connectivity index (χ0n) is 7.26. The van der Waals surface area contributed by atoms with Gasteiger partial charge < -0.3 is 10.7 Å². The molecule has 3 heteroatoms. The Bertz CT molecular complexity index is 503. The van der Waals surface area contributed by atoms with Crippen molar-refractivity contribution in [1.29, 1.82) is 5.26 Å². The maximum atomic E-state index is 8.88. The molecule has 64 valence electrons. The van der Waals surface area contributed by atoms with Gasteiger partial charge in [-0.05, 0) is 25.1 Å². The van der Waals surface area contributed by atoms with Crippen LogP contribution in [-0.4, -0.2) is 4.98 Å². The molecule has 0 fully saturated rings. The molecule has 0 saturated heterocycles. The number of H-pyrrole nitrogens is 1. The third-order valence-corrected chi connectivity index (χ3v) is 2.08. The van der Waals surface area contributed by atoms with Crippen molar-refractivity contribution in [3.05, 3.63) is 29.5 Å². The summed E-state index contributed by atoms with van der Waals surface area (Å²) in [7, 11) is 0. The van der Waals surface area contributed by atoms with E-state index in [2.05, 4.69) is 11.1 Å².